The number of aryl methyl sites for hydroxylation is 2. The van der Waals surface area contributed by atoms with Crippen LogP contribution >= 0.6 is 11.6 Å². The summed E-state index contributed by atoms with van der Waals surface area (Å²) < 4.78 is 0. The van der Waals surface area contributed by atoms with E-state index in [4.69, 9.17) is 11.6 Å². The van der Waals surface area contributed by atoms with E-state index < -0.39 is 6.04 Å². The maximum atomic E-state index is 12.7. The van der Waals surface area contributed by atoms with Crippen molar-refractivity contribution in [3.05, 3.63) is 58.6 Å². The van der Waals surface area contributed by atoms with Crippen molar-refractivity contribution in [1.82, 2.24) is 0 Å². The summed E-state index contributed by atoms with van der Waals surface area (Å²) in [6.45, 7) is 3.83. The van der Waals surface area contributed by atoms with E-state index in [2.05, 4.69) is 5.32 Å². The Morgan fingerprint density at radius 3 is 2.61 bits per heavy atom. The molecular weight excluding hydrogens is 312 g/mol. The summed E-state index contributed by atoms with van der Waals surface area (Å²) in [5, 5.41) is 3.61. The van der Waals surface area contributed by atoms with E-state index in [1.54, 1.807) is 12.1 Å². The van der Waals surface area contributed by atoms with Gasteiger partial charge in [0.1, 0.15) is 6.04 Å². The molecule has 4 nitrogen and oxygen atoms in total. The molecule has 0 radical (unpaired) electrons. The van der Waals surface area contributed by atoms with Gasteiger partial charge < -0.3 is 5.32 Å². The number of nitrogens with one attached hydrogen (secondary N) is 1. The van der Waals surface area contributed by atoms with Crippen molar-refractivity contribution in [2.75, 3.05) is 10.2 Å². The second-order valence-electron chi connectivity index (χ2n) is 5.74. The van der Waals surface area contributed by atoms with Crippen molar-refractivity contribution in [3.8, 4) is 0 Å². The van der Waals surface area contributed by atoms with Gasteiger partial charge in [-0.2, -0.15) is 0 Å². The van der Waals surface area contributed by atoms with Gasteiger partial charge in [-0.25, -0.2) is 4.90 Å². The van der Waals surface area contributed by atoms with Crippen molar-refractivity contribution < 1.29 is 9.59 Å². The lowest BCUT2D eigenvalue weighted by atomic mass is 10.1. The average Bonchev–Trinajstić information content (AvgIpc) is 2.79. The van der Waals surface area contributed by atoms with Crippen LogP contribution in [0.1, 0.15) is 17.5 Å². The molecule has 3 rings (SSSR count). The topological polar surface area (TPSA) is 49.4 Å². The number of anilines is 2. The van der Waals surface area contributed by atoms with E-state index in [1.165, 1.54) is 4.90 Å². The number of hydrogen-bond donors (Lipinski definition) is 1. The minimum Gasteiger partial charge on any atom is -0.372 e. The summed E-state index contributed by atoms with van der Waals surface area (Å²) in [5.74, 6) is -0.447. The van der Waals surface area contributed by atoms with Crippen LogP contribution in [0.4, 0.5) is 11.4 Å². The summed E-state index contributed by atoms with van der Waals surface area (Å²) in [6, 6.07) is 12.3. The van der Waals surface area contributed by atoms with Crippen molar-refractivity contribution >= 4 is 34.8 Å². The smallest absolute Gasteiger partial charge is 0.256 e. The largest absolute Gasteiger partial charge is 0.372 e. The Balaban J connectivity index is 1.88. The fourth-order valence-electron chi connectivity index (χ4n) is 2.72. The maximum Gasteiger partial charge on any atom is 0.256 e. The van der Waals surface area contributed by atoms with Crippen LogP contribution in [0, 0.1) is 13.8 Å². The molecule has 0 bridgehead atoms. The third-order valence-corrected chi connectivity index (χ3v) is 4.29. The van der Waals surface area contributed by atoms with Crippen LogP contribution in [-0.2, 0) is 9.59 Å². The molecule has 0 saturated carbocycles. The second-order valence-corrected chi connectivity index (χ2v) is 6.15. The Kier molecular flexibility index (Phi) is 4.09. The number of amides is 2. The Labute approximate surface area is 140 Å². The van der Waals surface area contributed by atoms with Crippen molar-refractivity contribution in [1.29, 1.82) is 0 Å². The molecule has 2 amide bonds. The van der Waals surface area contributed by atoms with Gasteiger partial charge >= 0.3 is 0 Å². The predicted octanol–water partition coefficient (Wildman–Crippen LogP) is 3.70. The normalized spacial score (nSPS) is 17.7. The first-order chi connectivity index (χ1) is 11.0. The van der Waals surface area contributed by atoms with E-state index in [1.807, 2.05) is 44.2 Å². The number of carbonyl (C=O) groups excluding carboxylic acids is 2. The van der Waals surface area contributed by atoms with E-state index >= 15 is 0 Å². The van der Waals surface area contributed by atoms with Crippen LogP contribution in [0.15, 0.2) is 42.5 Å². The van der Waals surface area contributed by atoms with Gasteiger partial charge in [0.25, 0.3) is 5.91 Å². The zero-order valence-electron chi connectivity index (χ0n) is 13.0. The summed E-state index contributed by atoms with van der Waals surface area (Å²) in [6.07, 6.45) is 0.122. The van der Waals surface area contributed by atoms with Gasteiger partial charge in [-0.05, 0) is 43.2 Å². The second kappa shape index (κ2) is 6.05. The number of imide groups is 1. The molecule has 0 unspecified atom stereocenters. The van der Waals surface area contributed by atoms with Gasteiger partial charge in [-0.3, -0.25) is 9.59 Å². The van der Waals surface area contributed by atoms with Gasteiger partial charge in [-0.1, -0.05) is 35.9 Å². The number of benzene rings is 2. The monoisotopic (exact) mass is 328 g/mol. The molecule has 1 aliphatic heterocycles. The van der Waals surface area contributed by atoms with E-state index in [0.29, 0.717) is 16.4 Å². The Morgan fingerprint density at radius 2 is 1.87 bits per heavy atom. The molecule has 23 heavy (non-hydrogen) atoms. The van der Waals surface area contributed by atoms with Crippen LogP contribution in [-0.4, -0.2) is 17.9 Å². The number of halogens is 1. The predicted molar refractivity (Wildman–Crippen MR) is 91.9 cm³/mol. The van der Waals surface area contributed by atoms with Crippen LogP contribution in [0.5, 0.6) is 0 Å². The van der Waals surface area contributed by atoms with Crippen molar-refractivity contribution in [2.45, 2.75) is 26.3 Å². The molecule has 118 valence electrons. The maximum absolute atomic E-state index is 12.7. The molecule has 1 atom stereocenters. The van der Waals surface area contributed by atoms with Crippen LogP contribution in [0.3, 0.4) is 0 Å². The third kappa shape index (κ3) is 2.94. The molecule has 1 aliphatic rings. The Hall–Kier alpha value is -2.33. The fourth-order valence-corrected chi connectivity index (χ4v) is 2.91. The summed E-state index contributed by atoms with van der Waals surface area (Å²) in [4.78, 5) is 26.3. The summed E-state index contributed by atoms with van der Waals surface area (Å²) >= 11 is 6.11. The minimum absolute atomic E-state index is 0.122. The Bertz CT molecular complexity index is 788. The van der Waals surface area contributed by atoms with Gasteiger partial charge in [0.05, 0.1) is 22.8 Å². The van der Waals surface area contributed by atoms with Crippen LogP contribution < -0.4 is 10.2 Å². The minimum atomic E-state index is -0.595. The highest BCUT2D eigenvalue weighted by atomic mass is 35.5. The standard InChI is InChI=1S/C18H17ClN2O2/c1-11-7-8-12(2)16(9-11)21-17(22)10-15(18(21)23)20-14-6-4-3-5-13(14)19/h3-9,15,20H,10H2,1-2H3/t15-/m0/s1. The van der Waals surface area contributed by atoms with Gasteiger partial charge in [0.2, 0.25) is 5.91 Å². The fraction of sp³-hybridized carbons (Fsp3) is 0.222. The average molecular weight is 329 g/mol. The summed E-state index contributed by atoms with van der Waals surface area (Å²) in [7, 11) is 0. The first-order valence-electron chi connectivity index (χ1n) is 7.42. The van der Waals surface area contributed by atoms with E-state index in [-0.39, 0.29) is 18.2 Å². The molecule has 5 heteroatoms. The van der Waals surface area contributed by atoms with Crippen molar-refractivity contribution in [3.63, 3.8) is 0 Å². The number of hydrogen-bond acceptors (Lipinski definition) is 3. The molecule has 1 heterocycles. The molecule has 1 N–H and O–H groups in total. The lowest BCUT2D eigenvalue weighted by Crippen LogP contribution is -2.35. The zero-order valence-corrected chi connectivity index (χ0v) is 13.7. The molecule has 2 aromatic rings. The highest BCUT2D eigenvalue weighted by Gasteiger charge is 2.40. The van der Waals surface area contributed by atoms with Gasteiger partial charge in [0, 0.05) is 0 Å². The Morgan fingerprint density at radius 1 is 1.13 bits per heavy atom. The molecule has 1 saturated heterocycles. The lowest BCUT2D eigenvalue weighted by Gasteiger charge is -2.19. The lowest BCUT2D eigenvalue weighted by molar-refractivity contribution is -0.121. The number of carbonyl (C=O) groups is 2. The van der Waals surface area contributed by atoms with E-state index in [0.717, 1.165) is 11.1 Å². The molecular formula is C18H17ClN2O2. The molecule has 0 spiro atoms. The van der Waals surface area contributed by atoms with Crippen LogP contribution in [0.2, 0.25) is 5.02 Å². The van der Waals surface area contributed by atoms with Gasteiger partial charge in [-0.15, -0.1) is 0 Å². The highest BCUT2D eigenvalue weighted by Crippen LogP contribution is 2.30. The molecule has 0 aliphatic carbocycles. The van der Waals surface area contributed by atoms with Gasteiger partial charge in [0.15, 0.2) is 0 Å². The first-order valence-corrected chi connectivity index (χ1v) is 7.80. The SMILES string of the molecule is Cc1ccc(C)c(N2C(=O)C[C@H](Nc3ccccc3Cl)C2=O)c1. The van der Waals surface area contributed by atoms with E-state index in [9.17, 15) is 9.59 Å². The zero-order chi connectivity index (χ0) is 16.6. The molecule has 0 aromatic heterocycles. The number of rotatable bonds is 3. The highest BCUT2D eigenvalue weighted by molar-refractivity contribution is 6.33. The van der Waals surface area contributed by atoms with Crippen molar-refractivity contribution in [2.24, 2.45) is 0 Å². The first kappa shape index (κ1) is 15.6. The number of para-hydroxylation sites is 1. The summed E-state index contributed by atoms with van der Waals surface area (Å²) in [5.41, 5.74) is 3.22. The number of nitrogens with zero attached hydrogens (tertiary/aromatic N) is 1. The van der Waals surface area contributed by atoms with Crippen LogP contribution in [0.25, 0.3) is 0 Å². The quantitative estimate of drug-likeness (QED) is 0.874. The molecule has 1 fully saturated rings. The third-order valence-electron chi connectivity index (χ3n) is 3.96. The molecule has 2 aromatic carbocycles.